The zero-order valence-electron chi connectivity index (χ0n) is 21.8. The standard InChI is InChI=1S/C33H31N3Si/c1-33(2)27-14-5-6-16-30(27)36(31-22-24(18-19-28(31)33)29-15-7-9-20-34-29)25-12-11-13-26(23-25)37(3,4)32-17-8-10-21-35-32/h5-23H,1-4H3. The summed E-state index contributed by atoms with van der Waals surface area (Å²) in [6.07, 6.45) is 3.77. The van der Waals surface area contributed by atoms with Crippen LogP contribution in [0.4, 0.5) is 17.1 Å². The predicted octanol–water partition coefficient (Wildman–Crippen LogP) is 7.08. The van der Waals surface area contributed by atoms with E-state index in [0.717, 1.165) is 11.3 Å². The number of hydrogen-bond acceptors (Lipinski definition) is 3. The molecular weight excluding hydrogens is 466 g/mol. The van der Waals surface area contributed by atoms with Crippen LogP contribution in [0, 0.1) is 0 Å². The van der Waals surface area contributed by atoms with Crippen molar-refractivity contribution in [2.45, 2.75) is 32.4 Å². The first-order valence-corrected chi connectivity index (χ1v) is 15.8. The Hall–Kier alpha value is -4.02. The zero-order valence-corrected chi connectivity index (χ0v) is 22.8. The summed E-state index contributed by atoms with van der Waals surface area (Å²) in [5.74, 6) is 0. The molecule has 1 aliphatic heterocycles. The Labute approximate surface area is 220 Å². The number of fused-ring (bicyclic) bond motifs is 2. The molecular formula is C33H31N3Si. The highest BCUT2D eigenvalue weighted by Crippen LogP contribution is 2.52. The van der Waals surface area contributed by atoms with Crippen molar-refractivity contribution < 1.29 is 0 Å². The molecule has 6 rings (SSSR count). The summed E-state index contributed by atoms with van der Waals surface area (Å²) in [6, 6.07) is 37.1. The van der Waals surface area contributed by atoms with Crippen molar-refractivity contribution in [3.63, 3.8) is 0 Å². The molecule has 3 nitrogen and oxygen atoms in total. The molecule has 0 saturated heterocycles. The Kier molecular flexibility index (Phi) is 5.57. The summed E-state index contributed by atoms with van der Waals surface area (Å²) < 4.78 is 0. The van der Waals surface area contributed by atoms with Gasteiger partial charge in [-0.15, -0.1) is 0 Å². The molecule has 0 spiro atoms. The molecule has 0 unspecified atom stereocenters. The van der Waals surface area contributed by atoms with E-state index in [1.54, 1.807) is 0 Å². The smallest absolute Gasteiger partial charge is 0.135 e. The number of anilines is 3. The average molecular weight is 498 g/mol. The summed E-state index contributed by atoms with van der Waals surface area (Å²) in [7, 11) is -1.97. The minimum Gasteiger partial charge on any atom is -0.310 e. The Balaban J connectivity index is 1.56. The van der Waals surface area contributed by atoms with Gasteiger partial charge < -0.3 is 4.90 Å². The van der Waals surface area contributed by atoms with Crippen molar-refractivity contribution in [1.82, 2.24) is 9.97 Å². The van der Waals surface area contributed by atoms with E-state index in [2.05, 4.69) is 122 Å². The van der Waals surface area contributed by atoms with E-state index in [1.165, 1.54) is 38.7 Å². The van der Waals surface area contributed by atoms with Crippen LogP contribution in [-0.2, 0) is 5.41 Å². The van der Waals surface area contributed by atoms with Crippen LogP contribution in [0.1, 0.15) is 25.0 Å². The average Bonchev–Trinajstić information content (AvgIpc) is 2.94. The minimum atomic E-state index is -1.97. The molecule has 4 heteroatoms. The summed E-state index contributed by atoms with van der Waals surface area (Å²) in [6.45, 7) is 9.43. The first-order valence-electron chi connectivity index (χ1n) is 12.8. The molecule has 0 bridgehead atoms. The normalized spacial score (nSPS) is 14.1. The zero-order chi connectivity index (χ0) is 25.6. The maximum atomic E-state index is 4.75. The molecule has 5 aromatic rings. The van der Waals surface area contributed by atoms with E-state index in [-0.39, 0.29) is 5.41 Å². The van der Waals surface area contributed by atoms with Gasteiger partial charge in [0.15, 0.2) is 0 Å². The lowest BCUT2D eigenvalue weighted by Crippen LogP contribution is -2.54. The molecule has 2 aromatic heterocycles. The number of pyridine rings is 2. The van der Waals surface area contributed by atoms with Crippen LogP contribution in [-0.4, -0.2) is 18.0 Å². The molecule has 0 saturated carbocycles. The maximum Gasteiger partial charge on any atom is 0.135 e. The molecule has 0 aliphatic carbocycles. The second-order valence-electron chi connectivity index (χ2n) is 10.8. The highest BCUT2D eigenvalue weighted by Gasteiger charge is 2.37. The monoisotopic (exact) mass is 497 g/mol. The van der Waals surface area contributed by atoms with Crippen LogP contribution in [0.25, 0.3) is 11.3 Å². The number of aromatic nitrogens is 2. The molecule has 3 heterocycles. The van der Waals surface area contributed by atoms with Crippen molar-refractivity contribution in [2.75, 3.05) is 4.90 Å². The maximum absolute atomic E-state index is 4.75. The van der Waals surface area contributed by atoms with E-state index in [4.69, 9.17) is 4.98 Å². The number of para-hydroxylation sites is 1. The molecule has 3 aromatic carbocycles. The third-order valence-electron chi connectivity index (χ3n) is 7.82. The quantitative estimate of drug-likeness (QED) is 0.249. The van der Waals surface area contributed by atoms with Gasteiger partial charge in [-0.25, -0.2) is 0 Å². The van der Waals surface area contributed by atoms with Gasteiger partial charge in [0.1, 0.15) is 8.07 Å². The fourth-order valence-corrected chi connectivity index (χ4v) is 7.83. The van der Waals surface area contributed by atoms with Crippen molar-refractivity contribution in [3.8, 4) is 11.3 Å². The number of rotatable bonds is 4. The van der Waals surface area contributed by atoms with Crippen LogP contribution >= 0.6 is 0 Å². The Morgan fingerprint density at radius 1 is 0.649 bits per heavy atom. The molecule has 0 N–H and O–H groups in total. The van der Waals surface area contributed by atoms with Gasteiger partial charge in [0.25, 0.3) is 0 Å². The first kappa shape index (κ1) is 23.4. The highest BCUT2D eigenvalue weighted by molar-refractivity contribution is 7.00. The molecule has 0 radical (unpaired) electrons. The molecule has 0 fully saturated rings. The second-order valence-corrected chi connectivity index (χ2v) is 15.2. The summed E-state index contributed by atoms with van der Waals surface area (Å²) in [5, 5.41) is 2.57. The lowest BCUT2D eigenvalue weighted by molar-refractivity contribution is 0.632. The number of nitrogens with zero attached hydrogens (tertiary/aromatic N) is 3. The topological polar surface area (TPSA) is 29.0 Å². The molecule has 0 atom stereocenters. The lowest BCUT2D eigenvalue weighted by Gasteiger charge is -2.42. The van der Waals surface area contributed by atoms with Gasteiger partial charge in [0.2, 0.25) is 0 Å². The largest absolute Gasteiger partial charge is 0.310 e. The van der Waals surface area contributed by atoms with E-state index < -0.39 is 8.07 Å². The van der Waals surface area contributed by atoms with Crippen molar-refractivity contribution in [3.05, 3.63) is 127 Å². The summed E-state index contributed by atoms with van der Waals surface area (Å²) >= 11 is 0. The Morgan fingerprint density at radius 2 is 1.38 bits per heavy atom. The van der Waals surface area contributed by atoms with Gasteiger partial charge in [-0.05, 0) is 59.7 Å². The molecule has 1 aliphatic rings. The Bertz CT molecular complexity index is 1580. The van der Waals surface area contributed by atoms with Gasteiger partial charge in [0, 0.05) is 34.4 Å². The van der Waals surface area contributed by atoms with Gasteiger partial charge >= 0.3 is 0 Å². The van der Waals surface area contributed by atoms with E-state index >= 15 is 0 Å². The van der Waals surface area contributed by atoms with Gasteiger partial charge in [0.05, 0.1) is 17.1 Å². The second kappa shape index (κ2) is 8.82. The Morgan fingerprint density at radius 3 is 2.14 bits per heavy atom. The SMILES string of the molecule is CC1(C)c2ccccc2N(c2cccc([Si](C)(C)c3ccccn3)c2)c2cc(-c3ccccn3)ccc21. The number of benzene rings is 3. The van der Waals surface area contributed by atoms with Gasteiger partial charge in [-0.2, -0.15) is 0 Å². The predicted molar refractivity (Wildman–Crippen MR) is 157 cm³/mol. The lowest BCUT2D eigenvalue weighted by atomic mass is 9.73. The van der Waals surface area contributed by atoms with Gasteiger partial charge in [-0.1, -0.05) is 86.7 Å². The number of hydrogen-bond donors (Lipinski definition) is 0. The fourth-order valence-electron chi connectivity index (χ4n) is 5.60. The molecule has 182 valence electrons. The van der Waals surface area contributed by atoms with E-state index in [1.807, 2.05) is 30.6 Å². The van der Waals surface area contributed by atoms with Crippen molar-refractivity contribution >= 4 is 35.6 Å². The van der Waals surface area contributed by atoms with Crippen LogP contribution in [0.15, 0.2) is 116 Å². The molecule has 37 heavy (non-hydrogen) atoms. The van der Waals surface area contributed by atoms with Crippen molar-refractivity contribution in [1.29, 1.82) is 0 Å². The van der Waals surface area contributed by atoms with E-state index in [9.17, 15) is 0 Å². The van der Waals surface area contributed by atoms with Crippen LogP contribution < -0.4 is 15.4 Å². The van der Waals surface area contributed by atoms with Gasteiger partial charge in [-0.3, -0.25) is 9.97 Å². The van der Waals surface area contributed by atoms with Crippen molar-refractivity contribution in [2.24, 2.45) is 0 Å². The fraction of sp³-hybridized carbons (Fsp3) is 0.152. The third kappa shape index (κ3) is 3.89. The summed E-state index contributed by atoms with van der Waals surface area (Å²) in [4.78, 5) is 11.8. The van der Waals surface area contributed by atoms with Crippen LogP contribution in [0.3, 0.4) is 0 Å². The third-order valence-corrected chi connectivity index (χ3v) is 11.2. The summed E-state index contributed by atoms with van der Waals surface area (Å²) in [5.41, 5.74) is 8.26. The van der Waals surface area contributed by atoms with E-state index in [0.29, 0.717) is 0 Å². The molecule has 0 amide bonds. The van der Waals surface area contributed by atoms with Crippen LogP contribution in [0.2, 0.25) is 13.1 Å². The van der Waals surface area contributed by atoms with Crippen LogP contribution in [0.5, 0.6) is 0 Å². The highest BCUT2D eigenvalue weighted by atomic mass is 28.3. The first-order chi connectivity index (χ1) is 17.9. The minimum absolute atomic E-state index is 0.120.